The molecule has 0 heterocycles. The predicted octanol–water partition coefficient (Wildman–Crippen LogP) is 2.83. The molecule has 0 bridgehead atoms. The highest BCUT2D eigenvalue weighted by atomic mass is 35.5. The van der Waals surface area contributed by atoms with E-state index in [9.17, 15) is 9.18 Å². The molecule has 0 aliphatic heterocycles. The van der Waals surface area contributed by atoms with Crippen molar-refractivity contribution in [1.82, 2.24) is 0 Å². The van der Waals surface area contributed by atoms with Crippen molar-refractivity contribution in [3.8, 4) is 5.75 Å². The minimum absolute atomic E-state index is 0.136. The van der Waals surface area contributed by atoms with Gasteiger partial charge in [0.1, 0.15) is 11.6 Å². The lowest BCUT2D eigenvalue weighted by atomic mass is 10.2. The number of carbonyl (C=O) groups excluding carboxylic acids is 1. The Morgan fingerprint density at radius 1 is 1.57 bits per heavy atom. The van der Waals surface area contributed by atoms with Gasteiger partial charge in [-0.05, 0) is 30.7 Å². The summed E-state index contributed by atoms with van der Waals surface area (Å²) in [4.78, 5) is 9.36. The van der Waals surface area contributed by atoms with Gasteiger partial charge in [-0.2, -0.15) is 0 Å². The quantitative estimate of drug-likeness (QED) is 0.684. The summed E-state index contributed by atoms with van der Waals surface area (Å²) in [5, 5.41) is 8.88. The maximum atomic E-state index is 12.2. The van der Waals surface area contributed by atoms with Gasteiger partial charge in [0.15, 0.2) is 0 Å². The fourth-order valence-electron chi connectivity index (χ4n) is 0.619. The molecule has 0 saturated heterocycles. The van der Waals surface area contributed by atoms with Crippen LogP contribution >= 0.6 is 11.6 Å². The molecular formula is C9H10ClFO3. The van der Waals surface area contributed by atoms with Gasteiger partial charge in [0.25, 0.3) is 0 Å². The van der Waals surface area contributed by atoms with Gasteiger partial charge in [-0.15, -0.1) is 0 Å². The zero-order chi connectivity index (χ0) is 11.1. The third-order valence-corrected chi connectivity index (χ3v) is 1.47. The average Bonchev–Trinajstić information content (AvgIpc) is 2.13. The Bertz CT molecular complexity index is 315. The third-order valence-electron chi connectivity index (χ3n) is 1.32. The number of halogens is 2. The molecule has 0 atom stereocenters. The van der Waals surface area contributed by atoms with E-state index in [0.29, 0.717) is 5.56 Å². The third kappa shape index (κ3) is 5.37. The van der Waals surface area contributed by atoms with Crippen molar-refractivity contribution in [2.24, 2.45) is 0 Å². The van der Waals surface area contributed by atoms with Crippen molar-refractivity contribution in [3.63, 3.8) is 0 Å². The number of phenolic OH excluding ortho intramolecular Hbond substituents is 1. The van der Waals surface area contributed by atoms with Crippen LogP contribution < -0.4 is 0 Å². The van der Waals surface area contributed by atoms with E-state index >= 15 is 0 Å². The molecule has 0 spiro atoms. The molecule has 0 fully saturated rings. The van der Waals surface area contributed by atoms with Crippen LogP contribution in [0.15, 0.2) is 18.2 Å². The van der Waals surface area contributed by atoms with E-state index in [1.54, 1.807) is 6.92 Å². The number of rotatable bonds is 0. The number of aryl methyl sites for hydroxylation is 1. The van der Waals surface area contributed by atoms with E-state index in [4.69, 9.17) is 5.11 Å². The molecule has 3 nitrogen and oxygen atoms in total. The van der Waals surface area contributed by atoms with Gasteiger partial charge in [0.2, 0.25) is 0 Å². The maximum absolute atomic E-state index is 12.2. The first-order valence-corrected chi connectivity index (χ1v) is 4.03. The van der Waals surface area contributed by atoms with E-state index in [-0.39, 0.29) is 11.6 Å². The second kappa shape index (κ2) is 6.21. The van der Waals surface area contributed by atoms with Gasteiger partial charge in [-0.3, -0.25) is 0 Å². The lowest BCUT2D eigenvalue weighted by Gasteiger charge is -1.94. The summed E-state index contributed by atoms with van der Waals surface area (Å²) in [6.07, 6.45) is 0. The first-order valence-electron chi connectivity index (χ1n) is 3.66. The average molecular weight is 221 g/mol. The zero-order valence-electron chi connectivity index (χ0n) is 7.75. The van der Waals surface area contributed by atoms with E-state index in [2.05, 4.69) is 16.3 Å². The monoisotopic (exact) mass is 220 g/mol. The topological polar surface area (TPSA) is 46.5 Å². The minimum Gasteiger partial charge on any atom is -0.508 e. The van der Waals surface area contributed by atoms with Crippen molar-refractivity contribution in [2.75, 3.05) is 7.11 Å². The predicted molar refractivity (Wildman–Crippen MR) is 51.1 cm³/mol. The van der Waals surface area contributed by atoms with Crippen molar-refractivity contribution >= 4 is 17.0 Å². The lowest BCUT2D eigenvalue weighted by Crippen LogP contribution is -1.80. The van der Waals surface area contributed by atoms with Crippen LogP contribution in [0, 0.1) is 12.7 Å². The molecule has 0 aromatic heterocycles. The van der Waals surface area contributed by atoms with Gasteiger partial charge in [-0.25, -0.2) is 9.18 Å². The van der Waals surface area contributed by atoms with E-state index in [0.717, 1.165) is 0 Å². The van der Waals surface area contributed by atoms with Crippen LogP contribution in [0.3, 0.4) is 0 Å². The van der Waals surface area contributed by atoms with E-state index in [1.807, 2.05) is 0 Å². The van der Waals surface area contributed by atoms with Crippen LogP contribution in [-0.2, 0) is 4.74 Å². The van der Waals surface area contributed by atoms with E-state index < -0.39 is 5.43 Å². The number of carbonyl (C=O) groups is 1. The van der Waals surface area contributed by atoms with E-state index in [1.165, 1.54) is 25.3 Å². The minimum atomic E-state index is -0.773. The summed E-state index contributed by atoms with van der Waals surface area (Å²) in [5.41, 5.74) is -0.208. The second-order valence-electron chi connectivity index (χ2n) is 2.37. The molecule has 14 heavy (non-hydrogen) atoms. The first kappa shape index (κ1) is 12.7. The van der Waals surface area contributed by atoms with Gasteiger partial charge in [-0.1, -0.05) is 0 Å². The number of methoxy groups -OCH3 is 1. The summed E-state index contributed by atoms with van der Waals surface area (Å²) in [6, 6.07) is 3.85. The van der Waals surface area contributed by atoms with Crippen molar-refractivity contribution in [2.45, 2.75) is 6.92 Å². The number of ether oxygens (including phenoxy) is 1. The molecule has 0 aliphatic carbocycles. The van der Waals surface area contributed by atoms with Crippen LogP contribution in [0.1, 0.15) is 5.56 Å². The summed E-state index contributed by atoms with van der Waals surface area (Å²) in [7, 11) is 1.22. The highest BCUT2D eigenvalue weighted by Gasteiger charge is 1.94. The van der Waals surface area contributed by atoms with Gasteiger partial charge in [0.05, 0.1) is 7.11 Å². The van der Waals surface area contributed by atoms with Crippen molar-refractivity contribution in [1.29, 1.82) is 0 Å². The normalized spacial score (nSPS) is 8.57. The molecule has 1 aromatic carbocycles. The molecule has 78 valence electrons. The smallest absolute Gasteiger partial charge is 0.403 e. The Kier molecular flexibility index (Phi) is 5.64. The zero-order valence-corrected chi connectivity index (χ0v) is 8.51. The molecule has 0 amide bonds. The summed E-state index contributed by atoms with van der Waals surface area (Å²) >= 11 is 4.60. The summed E-state index contributed by atoms with van der Waals surface area (Å²) in [6.45, 7) is 1.65. The standard InChI is InChI=1S/C7H7FO.C2H3ClO2/c1-5-4-6(8)2-3-7(5)9;1-5-2(3)4/h2-4,9H,1H3;1H3. The SMILES string of the molecule is COC(=O)Cl.Cc1cc(F)ccc1O. The summed E-state index contributed by atoms with van der Waals surface area (Å²) < 4.78 is 16.1. The lowest BCUT2D eigenvalue weighted by molar-refractivity contribution is 0.198. The number of benzene rings is 1. The van der Waals surface area contributed by atoms with Crippen LogP contribution in [0.4, 0.5) is 9.18 Å². The molecule has 0 unspecified atom stereocenters. The molecule has 1 aromatic rings. The number of hydrogen-bond acceptors (Lipinski definition) is 3. The molecule has 0 saturated carbocycles. The number of aromatic hydroxyl groups is 1. The van der Waals surface area contributed by atoms with Crippen LogP contribution in [-0.4, -0.2) is 17.6 Å². The van der Waals surface area contributed by atoms with Gasteiger partial charge >= 0.3 is 5.43 Å². The molecular weight excluding hydrogens is 211 g/mol. The Morgan fingerprint density at radius 2 is 2.07 bits per heavy atom. The number of hydrogen-bond donors (Lipinski definition) is 1. The Labute approximate surface area is 86.1 Å². The Morgan fingerprint density at radius 3 is 2.36 bits per heavy atom. The molecule has 0 aliphatic rings. The van der Waals surface area contributed by atoms with Crippen molar-refractivity contribution < 1.29 is 19.0 Å². The largest absolute Gasteiger partial charge is 0.508 e. The van der Waals surface area contributed by atoms with Crippen LogP contribution in [0.2, 0.25) is 0 Å². The fourth-order valence-corrected chi connectivity index (χ4v) is 0.619. The number of phenols is 1. The van der Waals surface area contributed by atoms with Gasteiger partial charge < -0.3 is 9.84 Å². The fraction of sp³-hybridized carbons (Fsp3) is 0.222. The maximum Gasteiger partial charge on any atom is 0.403 e. The van der Waals surface area contributed by atoms with Crippen molar-refractivity contribution in [3.05, 3.63) is 29.6 Å². The first-order chi connectivity index (χ1) is 6.47. The molecule has 5 heteroatoms. The van der Waals surface area contributed by atoms with Crippen LogP contribution in [0.25, 0.3) is 0 Å². The highest BCUT2D eigenvalue weighted by Crippen LogP contribution is 2.15. The van der Waals surface area contributed by atoms with Gasteiger partial charge in [0, 0.05) is 11.6 Å². The Hall–Kier alpha value is -1.29. The second-order valence-corrected chi connectivity index (χ2v) is 2.68. The molecule has 1 rings (SSSR count). The molecule has 0 radical (unpaired) electrons. The molecule has 1 N–H and O–H groups in total. The Balaban J connectivity index is 0.000000292. The summed E-state index contributed by atoms with van der Waals surface area (Å²) in [5.74, 6) is -0.179. The van der Waals surface area contributed by atoms with Crippen LogP contribution in [0.5, 0.6) is 5.75 Å². The highest BCUT2D eigenvalue weighted by molar-refractivity contribution is 6.61.